The first kappa shape index (κ1) is 33.3. The van der Waals surface area contributed by atoms with Gasteiger partial charge in [0.25, 0.3) is 0 Å². The average Bonchev–Trinajstić information content (AvgIpc) is 3.81. The van der Waals surface area contributed by atoms with Gasteiger partial charge in [-0.05, 0) is 96.1 Å². The summed E-state index contributed by atoms with van der Waals surface area (Å²) in [4.78, 5) is 5.22. The van der Waals surface area contributed by atoms with Crippen LogP contribution in [-0.4, -0.2) is 9.13 Å². The average molecular weight is 747 g/mol. The van der Waals surface area contributed by atoms with Crippen LogP contribution in [-0.2, 0) is 0 Å². The van der Waals surface area contributed by atoms with E-state index in [4.69, 9.17) is 0 Å². The van der Waals surface area contributed by atoms with Gasteiger partial charge in [0.15, 0.2) is 0 Å². The topological polar surface area (TPSA) is 9.86 Å². The van der Waals surface area contributed by atoms with Gasteiger partial charge in [-0.15, -0.1) is 10.0 Å². The number of hydrogen-bond acceptors (Lipinski definition) is 0. The van der Waals surface area contributed by atoms with Crippen LogP contribution in [0.3, 0.4) is 0 Å². The van der Waals surface area contributed by atoms with E-state index in [1.807, 2.05) is 0 Å². The van der Waals surface area contributed by atoms with Gasteiger partial charge in [-0.3, -0.25) is 0 Å². The molecule has 0 radical (unpaired) electrons. The zero-order valence-corrected chi connectivity index (χ0v) is 32.1. The number of benzene rings is 9. The van der Waals surface area contributed by atoms with Crippen LogP contribution in [0.4, 0.5) is 0 Å². The van der Waals surface area contributed by atoms with Gasteiger partial charge in [-0.25, -0.2) is 0 Å². The zero-order valence-electron chi connectivity index (χ0n) is 31.2. The minimum absolute atomic E-state index is 1.14. The summed E-state index contributed by atoms with van der Waals surface area (Å²) in [7, 11) is -1.87. The van der Waals surface area contributed by atoms with Gasteiger partial charge in [0, 0.05) is 52.5 Å². The van der Waals surface area contributed by atoms with Crippen molar-refractivity contribution < 1.29 is 0 Å². The molecule has 0 aliphatic rings. The van der Waals surface area contributed by atoms with Crippen LogP contribution in [0.1, 0.15) is 0 Å². The highest BCUT2D eigenvalue weighted by molar-refractivity contribution is 8.34. The molecule has 0 saturated carbocycles. The van der Waals surface area contributed by atoms with E-state index in [0.717, 1.165) is 11.4 Å². The van der Waals surface area contributed by atoms with E-state index in [-0.39, 0.29) is 0 Å². The van der Waals surface area contributed by atoms with Crippen molar-refractivity contribution in [1.82, 2.24) is 9.13 Å². The lowest BCUT2D eigenvalue weighted by Crippen LogP contribution is -2.06. The monoisotopic (exact) mass is 746 g/mol. The predicted octanol–water partition coefficient (Wildman–Crippen LogP) is 14.9. The van der Waals surface area contributed by atoms with E-state index in [9.17, 15) is 0 Å². The second-order valence-electron chi connectivity index (χ2n) is 14.5. The summed E-state index contributed by atoms with van der Waals surface area (Å²) in [5.41, 5.74) is 9.51. The third kappa shape index (κ3) is 5.20. The summed E-state index contributed by atoms with van der Waals surface area (Å²) in [6, 6.07) is 84.8. The molecule has 0 bridgehead atoms. The van der Waals surface area contributed by atoms with Crippen molar-refractivity contribution in [2.45, 2.75) is 19.6 Å². The predicted molar refractivity (Wildman–Crippen MR) is 241 cm³/mol. The van der Waals surface area contributed by atoms with Crippen molar-refractivity contribution in [3.63, 3.8) is 0 Å². The molecule has 3 heteroatoms. The Morgan fingerprint density at radius 2 is 0.737 bits per heavy atom. The first-order chi connectivity index (χ1) is 28.3. The van der Waals surface area contributed by atoms with Gasteiger partial charge in [0.1, 0.15) is 0 Å². The van der Waals surface area contributed by atoms with E-state index in [1.165, 1.54) is 74.3 Å². The summed E-state index contributed by atoms with van der Waals surface area (Å²) >= 11 is 0. The van der Waals surface area contributed by atoms with Gasteiger partial charge in [0.05, 0.1) is 22.1 Å². The standard InChI is InChI=1S/C54H38N2S/c1-5-19-39(20-6-1)46-31-18-34-52-54(46)49-30-14-16-33-51(49)55(52)41-35-36-48-47-29-13-15-32-50(47)56(53(48)38-41)40-21-17-28-45(37-40)57(42-22-7-2-8-23-42,43-24-9-3-10-25-43)44-26-11-4-12-27-44/h1-38H. The van der Waals surface area contributed by atoms with E-state index in [1.54, 1.807) is 0 Å². The van der Waals surface area contributed by atoms with Gasteiger partial charge in [0.2, 0.25) is 0 Å². The normalized spacial score (nSPS) is 12.1. The van der Waals surface area contributed by atoms with Crippen LogP contribution in [0.5, 0.6) is 0 Å². The molecule has 11 rings (SSSR count). The number of nitrogens with zero attached hydrogens (tertiary/aromatic N) is 2. The minimum Gasteiger partial charge on any atom is -0.309 e. The number of rotatable bonds is 7. The van der Waals surface area contributed by atoms with Crippen molar-refractivity contribution in [2.75, 3.05) is 0 Å². The lowest BCUT2D eigenvalue weighted by molar-refractivity contribution is 1.14. The van der Waals surface area contributed by atoms with E-state index in [2.05, 4.69) is 240 Å². The van der Waals surface area contributed by atoms with Crippen molar-refractivity contribution >= 4 is 53.6 Å². The molecule has 0 saturated heterocycles. The van der Waals surface area contributed by atoms with Crippen LogP contribution in [0.2, 0.25) is 0 Å². The molecule has 9 aromatic carbocycles. The van der Waals surface area contributed by atoms with Crippen LogP contribution >= 0.6 is 10.0 Å². The molecule has 57 heavy (non-hydrogen) atoms. The maximum Gasteiger partial charge on any atom is 0.0561 e. The Labute approximate surface area is 333 Å². The molecule has 0 N–H and O–H groups in total. The lowest BCUT2D eigenvalue weighted by Gasteiger charge is -2.42. The maximum absolute atomic E-state index is 2.48. The molecule has 2 aromatic heterocycles. The molecular formula is C54H38N2S. The molecule has 11 aromatic rings. The molecule has 0 unspecified atom stereocenters. The largest absolute Gasteiger partial charge is 0.309 e. The summed E-state index contributed by atoms with van der Waals surface area (Å²) in [5, 5.41) is 5.00. The first-order valence-corrected chi connectivity index (χ1v) is 21.1. The van der Waals surface area contributed by atoms with Crippen molar-refractivity contribution in [3.05, 3.63) is 231 Å². The zero-order chi connectivity index (χ0) is 37.8. The Hall–Kier alpha value is -7.07. The Morgan fingerprint density at radius 3 is 1.39 bits per heavy atom. The van der Waals surface area contributed by atoms with E-state index < -0.39 is 10.0 Å². The molecule has 0 aliphatic heterocycles. The fourth-order valence-electron chi connectivity index (χ4n) is 9.04. The Bertz CT molecular complexity index is 3120. The number of hydrogen-bond donors (Lipinski definition) is 0. The minimum atomic E-state index is -1.87. The SMILES string of the molecule is c1ccc(-c2cccc3c2c2ccccc2n3-c2ccc3c4ccccc4n(-c4cccc(S(c5ccccc5)(c5ccccc5)c5ccccc5)c4)c3c2)cc1. The van der Waals surface area contributed by atoms with Gasteiger partial charge in [-0.2, -0.15) is 0 Å². The van der Waals surface area contributed by atoms with E-state index >= 15 is 0 Å². The molecule has 0 amide bonds. The maximum atomic E-state index is 2.48. The van der Waals surface area contributed by atoms with Crippen molar-refractivity contribution in [2.24, 2.45) is 0 Å². The quantitative estimate of drug-likeness (QED) is 0.154. The highest BCUT2D eigenvalue weighted by atomic mass is 32.3. The highest BCUT2D eigenvalue weighted by Crippen LogP contribution is 2.73. The Morgan fingerprint density at radius 1 is 0.281 bits per heavy atom. The third-order valence-electron chi connectivity index (χ3n) is 11.4. The molecule has 0 atom stereocenters. The molecule has 270 valence electrons. The van der Waals surface area contributed by atoms with Crippen LogP contribution in [0.15, 0.2) is 250 Å². The molecule has 2 nitrogen and oxygen atoms in total. The summed E-state index contributed by atoms with van der Waals surface area (Å²) in [5.74, 6) is 0. The number of fused-ring (bicyclic) bond motifs is 6. The van der Waals surface area contributed by atoms with Crippen molar-refractivity contribution in [3.8, 4) is 22.5 Å². The number of para-hydroxylation sites is 2. The molecule has 0 fully saturated rings. The molecule has 0 spiro atoms. The fraction of sp³-hybridized carbons (Fsp3) is 0. The second-order valence-corrected chi connectivity index (χ2v) is 17.6. The summed E-state index contributed by atoms with van der Waals surface area (Å²) in [6.45, 7) is 0. The van der Waals surface area contributed by atoms with Crippen molar-refractivity contribution in [1.29, 1.82) is 0 Å². The van der Waals surface area contributed by atoms with Crippen LogP contribution in [0.25, 0.3) is 66.1 Å². The molecule has 0 aliphatic carbocycles. The smallest absolute Gasteiger partial charge is 0.0561 e. The molecule has 2 heterocycles. The van der Waals surface area contributed by atoms with Gasteiger partial charge >= 0.3 is 0 Å². The van der Waals surface area contributed by atoms with Crippen LogP contribution in [0, 0.1) is 0 Å². The Kier molecular flexibility index (Phi) is 7.94. The first-order valence-electron chi connectivity index (χ1n) is 19.5. The summed E-state index contributed by atoms with van der Waals surface area (Å²) in [6.07, 6.45) is 0. The van der Waals surface area contributed by atoms with E-state index in [0.29, 0.717) is 0 Å². The second kappa shape index (κ2) is 13.6. The molecular weight excluding hydrogens is 709 g/mol. The Balaban J connectivity index is 1.18. The fourth-order valence-corrected chi connectivity index (χ4v) is 12.9. The van der Waals surface area contributed by atoms with Crippen LogP contribution < -0.4 is 0 Å². The van der Waals surface area contributed by atoms with Gasteiger partial charge in [-0.1, -0.05) is 146 Å². The number of aromatic nitrogens is 2. The van der Waals surface area contributed by atoms with Gasteiger partial charge < -0.3 is 9.13 Å². The third-order valence-corrected chi connectivity index (χ3v) is 15.3. The summed E-state index contributed by atoms with van der Waals surface area (Å²) < 4.78 is 4.93. The lowest BCUT2D eigenvalue weighted by atomic mass is 9.99. The highest BCUT2D eigenvalue weighted by Gasteiger charge is 2.33.